The zero-order valence-corrected chi connectivity index (χ0v) is 19.0. The predicted octanol–water partition coefficient (Wildman–Crippen LogP) is 2.83. The van der Waals surface area contributed by atoms with Gasteiger partial charge in [-0.25, -0.2) is 9.69 Å². The molecule has 1 aliphatic heterocycles. The summed E-state index contributed by atoms with van der Waals surface area (Å²) in [6.45, 7) is 0. The van der Waals surface area contributed by atoms with E-state index < -0.39 is 28.0 Å². The van der Waals surface area contributed by atoms with Crippen LogP contribution < -0.4 is 19.1 Å². The van der Waals surface area contributed by atoms with Crippen LogP contribution in [0, 0.1) is 0 Å². The van der Waals surface area contributed by atoms with E-state index in [9.17, 15) is 27.9 Å². The molecule has 1 fully saturated rings. The lowest BCUT2D eigenvalue weighted by Gasteiger charge is -2.26. The van der Waals surface area contributed by atoms with Gasteiger partial charge in [0.1, 0.15) is 16.2 Å². The van der Waals surface area contributed by atoms with Crippen molar-refractivity contribution in [2.24, 2.45) is 0 Å². The summed E-state index contributed by atoms with van der Waals surface area (Å²) < 4.78 is 35.5. The quantitative estimate of drug-likeness (QED) is 0.303. The second kappa shape index (κ2) is 9.31. The van der Waals surface area contributed by atoms with Crippen molar-refractivity contribution in [2.75, 3.05) is 12.0 Å². The third-order valence-corrected chi connectivity index (χ3v) is 6.19. The summed E-state index contributed by atoms with van der Waals surface area (Å²) in [6, 6.07) is 16.0. The minimum Gasteiger partial charge on any atom is -0.508 e. The van der Waals surface area contributed by atoms with E-state index in [2.05, 4.69) is 5.32 Å². The number of phenolic OH excluding ortho intramolecular Hbond substituents is 1. The second-order valence-corrected chi connectivity index (χ2v) is 8.78. The fraction of sp³-hybridized carbons (Fsp3) is 0.0417. The molecule has 2 N–H and O–H groups in total. The van der Waals surface area contributed by atoms with Gasteiger partial charge in [-0.2, -0.15) is 8.42 Å². The third-order valence-electron chi connectivity index (χ3n) is 4.94. The van der Waals surface area contributed by atoms with Crippen LogP contribution in [0.1, 0.15) is 5.56 Å². The van der Waals surface area contributed by atoms with Gasteiger partial charge in [-0.05, 0) is 60.2 Å². The minimum atomic E-state index is -4.13. The molecule has 0 saturated carbocycles. The molecule has 4 amide bonds. The van der Waals surface area contributed by atoms with Crippen LogP contribution in [0.15, 0.2) is 83.3 Å². The maximum absolute atomic E-state index is 13.0. The van der Waals surface area contributed by atoms with Gasteiger partial charge in [-0.3, -0.25) is 14.9 Å². The first kappa shape index (κ1) is 23.5. The molecular formula is C24H18N2O8S. The molecule has 3 aromatic rings. The monoisotopic (exact) mass is 494 g/mol. The number of phenols is 1. The summed E-state index contributed by atoms with van der Waals surface area (Å²) in [7, 11) is -2.82. The number of carbonyl (C=O) groups is 3. The van der Waals surface area contributed by atoms with E-state index >= 15 is 0 Å². The van der Waals surface area contributed by atoms with Crippen LogP contribution in [0.5, 0.6) is 17.2 Å². The molecule has 1 aliphatic rings. The van der Waals surface area contributed by atoms with Gasteiger partial charge in [0.05, 0.1) is 12.8 Å². The fourth-order valence-electron chi connectivity index (χ4n) is 3.26. The van der Waals surface area contributed by atoms with Gasteiger partial charge in [0, 0.05) is 0 Å². The molecule has 0 unspecified atom stereocenters. The number of anilines is 1. The smallest absolute Gasteiger partial charge is 0.339 e. The number of hydrogen-bond acceptors (Lipinski definition) is 8. The Morgan fingerprint density at radius 1 is 0.914 bits per heavy atom. The Morgan fingerprint density at radius 3 is 2.26 bits per heavy atom. The van der Waals surface area contributed by atoms with E-state index in [1.165, 1.54) is 67.8 Å². The van der Waals surface area contributed by atoms with Gasteiger partial charge in [0.2, 0.25) is 0 Å². The highest BCUT2D eigenvalue weighted by atomic mass is 32.2. The number of barbiturate groups is 1. The Labute approximate surface area is 200 Å². The van der Waals surface area contributed by atoms with Crippen LogP contribution in [0.25, 0.3) is 6.08 Å². The lowest BCUT2D eigenvalue weighted by molar-refractivity contribution is -0.122. The lowest BCUT2D eigenvalue weighted by Crippen LogP contribution is -2.54. The highest BCUT2D eigenvalue weighted by molar-refractivity contribution is 7.87. The fourth-order valence-corrected chi connectivity index (χ4v) is 4.22. The largest absolute Gasteiger partial charge is 0.508 e. The maximum atomic E-state index is 13.0. The number of ether oxygens (including phenoxy) is 1. The average molecular weight is 494 g/mol. The Balaban J connectivity index is 1.65. The van der Waals surface area contributed by atoms with Gasteiger partial charge in [-0.1, -0.05) is 24.3 Å². The van der Waals surface area contributed by atoms with Crippen LogP contribution in [-0.2, 0) is 19.7 Å². The number of urea groups is 1. The number of hydrogen-bond donors (Lipinski definition) is 2. The number of aromatic hydroxyl groups is 1. The molecule has 0 atom stereocenters. The number of rotatable bonds is 6. The second-order valence-electron chi connectivity index (χ2n) is 7.24. The number of methoxy groups -OCH3 is 1. The molecule has 4 rings (SSSR count). The van der Waals surface area contributed by atoms with Crippen molar-refractivity contribution in [2.45, 2.75) is 4.90 Å². The van der Waals surface area contributed by atoms with E-state index in [-0.39, 0.29) is 33.4 Å². The molecule has 178 valence electrons. The Kier molecular flexibility index (Phi) is 6.26. The van der Waals surface area contributed by atoms with Crippen molar-refractivity contribution in [1.29, 1.82) is 0 Å². The number of amides is 4. The number of imide groups is 2. The molecule has 11 heteroatoms. The number of carbonyl (C=O) groups excluding carboxylic acids is 3. The first-order valence-electron chi connectivity index (χ1n) is 10.1. The SMILES string of the molecule is COc1cc(/C=C2\C(=O)NC(=O)N(c3ccc(O)cc3)C2=O)ccc1OS(=O)(=O)c1ccccc1. The summed E-state index contributed by atoms with van der Waals surface area (Å²) in [5.74, 6) is -1.90. The van der Waals surface area contributed by atoms with Crippen molar-refractivity contribution >= 4 is 39.7 Å². The van der Waals surface area contributed by atoms with Crippen molar-refractivity contribution in [3.63, 3.8) is 0 Å². The molecule has 35 heavy (non-hydrogen) atoms. The molecule has 1 heterocycles. The molecule has 0 radical (unpaired) electrons. The van der Waals surface area contributed by atoms with Crippen LogP contribution >= 0.6 is 0 Å². The summed E-state index contributed by atoms with van der Waals surface area (Å²) in [4.78, 5) is 38.4. The Bertz CT molecular complexity index is 1450. The van der Waals surface area contributed by atoms with E-state index in [1.54, 1.807) is 18.2 Å². The van der Waals surface area contributed by atoms with Gasteiger partial charge in [0.25, 0.3) is 11.8 Å². The van der Waals surface area contributed by atoms with Crippen molar-refractivity contribution in [1.82, 2.24) is 5.32 Å². The summed E-state index contributed by atoms with van der Waals surface area (Å²) >= 11 is 0. The normalized spacial score (nSPS) is 15.2. The van der Waals surface area contributed by atoms with Crippen molar-refractivity contribution in [3.05, 3.63) is 83.9 Å². The molecule has 0 aliphatic carbocycles. The van der Waals surface area contributed by atoms with Crippen molar-refractivity contribution < 1.29 is 36.8 Å². The average Bonchev–Trinajstić information content (AvgIpc) is 2.84. The summed E-state index contributed by atoms with van der Waals surface area (Å²) in [5.41, 5.74) is 0.117. The van der Waals surface area contributed by atoms with Crippen LogP contribution in [-0.4, -0.2) is 38.5 Å². The van der Waals surface area contributed by atoms with E-state index in [4.69, 9.17) is 8.92 Å². The first-order chi connectivity index (χ1) is 16.7. The van der Waals surface area contributed by atoms with Gasteiger partial charge in [-0.15, -0.1) is 0 Å². The maximum Gasteiger partial charge on any atom is 0.339 e. The number of nitrogens with one attached hydrogen (secondary N) is 1. The van der Waals surface area contributed by atoms with Crippen LogP contribution in [0.3, 0.4) is 0 Å². The highest BCUT2D eigenvalue weighted by Gasteiger charge is 2.36. The third kappa shape index (κ3) is 4.84. The molecule has 0 bridgehead atoms. The topological polar surface area (TPSA) is 139 Å². The Morgan fingerprint density at radius 2 is 1.60 bits per heavy atom. The van der Waals surface area contributed by atoms with E-state index in [0.29, 0.717) is 5.56 Å². The molecule has 3 aromatic carbocycles. The highest BCUT2D eigenvalue weighted by Crippen LogP contribution is 2.32. The van der Waals surface area contributed by atoms with Gasteiger partial charge < -0.3 is 14.0 Å². The molecule has 0 spiro atoms. The van der Waals surface area contributed by atoms with Crippen LogP contribution in [0.2, 0.25) is 0 Å². The molecule has 1 saturated heterocycles. The van der Waals surface area contributed by atoms with Crippen LogP contribution in [0.4, 0.5) is 10.5 Å². The van der Waals surface area contributed by atoms with E-state index in [0.717, 1.165) is 4.90 Å². The predicted molar refractivity (Wildman–Crippen MR) is 124 cm³/mol. The zero-order valence-electron chi connectivity index (χ0n) is 18.2. The summed E-state index contributed by atoms with van der Waals surface area (Å²) in [6.07, 6.45) is 1.23. The number of nitrogens with zero attached hydrogens (tertiary/aromatic N) is 1. The minimum absolute atomic E-state index is 0.0361. The number of benzene rings is 3. The van der Waals surface area contributed by atoms with Crippen molar-refractivity contribution in [3.8, 4) is 17.2 Å². The zero-order chi connectivity index (χ0) is 25.2. The summed E-state index contributed by atoms with van der Waals surface area (Å²) in [5, 5.41) is 11.5. The first-order valence-corrected chi connectivity index (χ1v) is 11.5. The standard InChI is InChI=1S/C24H18N2O8S/c1-33-21-14-15(7-12-20(21)34-35(31,32)18-5-3-2-4-6-18)13-19-22(28)25-24(30)26(23(19)29)16-8-10-17(27)11-9-16/h2-14,27H,1H3,(H,25,28,30)/b19-13+. The molecule has 10 nitrogen and oxygen atoms in total. The lowest BCUT2D eigenvalue weighted by atomic mass is 10.1. The molecule has 0 aromatic heterocycles. The van der Waals surface area contributed by atoms with E-state index in [1.807, 2.05) is 0 Å². The van der Waals surface area contributed by atoms with Gasteiger partial charge >= 0.3 is 16.1 Å². The molecular weight excluding hydrogens is 476 g/mol. The van der Waals surface area contributed by atoms with Gasteiger partial charge in [0.15, 0.2) is 11.5 Å². The Hall–Kier alpha value is -4.64.